The van der Waals surface area contributed by atoms with Crippen molar-refractivity contribution in [2.45, 2.75) is 58.5 Å². The Morgan fingerprint density at radius 3 is 2.56 bits per heavy atom. The van der Waals surface area contributed by atoms with Gasteiger partial charge in [0.1, 0.15) is 0 Å². The van der Waals surface area contributed by atoms with Crippen molar-refractivity contribution in [3.8, 4) is 0 Å². The van der Waals surface area contributed by atoms with Crippen LogP contribution in [-0.2, 0) is 4.79 Å². The van der Waals surface area contributed by atoms with Crippen LogP contribution in [0.4, 0.5) is 5.69 Å². The molecule has 2 rings (SSSR count). The van der Waals surface area contributed by atoms with Crippen LogP contribution in [0.25, 0.3) is 0 Å². The van der Waals surface area contributed by atoms with Gasteiger partial charge in [0, 0.05) is 23.7 Å². The van der Waals surface area contributed by atoms with Crippen molar-refractivity contribution < 1.29 is 14.7 Å². The number of carbonyl (C=O) groups is 2. The molecule has 3 N–H and O–H groups in total. The van der Waals surface area contributed by atoms with Crippen molar-refractivity contribution in [2.24, 2.45) is 11.8 Å². The number of hydrogen-bond donors (Lipinski definition) is 3. The molecule has 0 radical (unpaired) electrons. The predicted molar refractivity (Wildman–Crippen MR) is 99.4 cm³/mol. The second-order valence-electron chi connectivity index (χ2n) is 7.60. The molecule has 0 aromatic heterocycles. The zero-order valence-corrected chi connectivity index (χ0v) is 15.5. The quantitative estimate of drug-likeness (QED) is 0.739. The SMILES string of the molecule is CC(C)C(C)(O)CNC(=O)c1cccc(NC(=O)C2CCCCC2)c1. The molecule has 25 heavy (non-hydrogen) atoms. The minimum absolute atomic E-state index is 0.0360. The summed E-state index contributed by atoms with van der Waals surface area (Å²) in [7, 11) is 0. The second kappa shape index (κ2) is 8.48. The third kappa shape index (κ3) is 5.56. The topological polar surface area (TPSA) is 78.4 Å². The van der Waals surface area contributed by atoms with Crippen LogP contribution in [0.2, 0.25) is 0 Å². The number of aliphatic hydroxyl groups is 1. The molecule has 0 saturated heterocycles. The Labute approximate surface area is 150 Å². The zero-order valence-electron chi connectivity index (χ0n) is 15.5. The van der Waals surface area contributed by atoms with Gasteiger partial charge >= 0.3 is 0 Å². The lowest BCUT2D eigenvalue weighted by Crippen LogP contribution is -2.44. The Kier molecular flexibility index (Phi) is 6.59. The molecule has 5 nitrogen and oxygen atoms in total. The van der Waals surface area contributed by atoms with Crippen LogP contribution >= 0.6 is 0 Å². The molecular formula is C20H30N2O3. The molecule has 0 bridgehead atoms. The largest absolute Gasteiger partial charge is 0.388 e. The average molecular weight is 346 g/mol. The van der Waals surface area contributed by atoms with Crippen LogP contribution < -0.4 is 10.6 Å². The normalized spacial score (nSPS) is 17.8. The van der Waals surface area contributed by atoms with Crippen LogP contribution in [-0.4, -0.2) is 29.1 Å². The Morgan fingerprint density at radius 1 is 1.24 bits per heavy atom. The first kappa shape index (κ1) is 19.4. The third-order valence-electron chi connectivity index (χ3n) is 5.22. The van der Waals surface area contributed by atoms with Crippen molar-refractivity contribution in [3.63, 3.8) is 0 Å². The summed E-state index contributed by atoms with van der Waals surface area (Å²) in [5, 5.41) is 15.9. The van der Waals surface area contributed by atoms with Gasteiger partial charge in [-0.15, -0.1) is 0 Å². The minimum atomic E-state index is -0.956. The van der Waals surface area contributed by atoms with Crippen LogP contribution in [0.5, 0.6) is 0 Å². The summed E-state index contributed by atoms with van der Waals surface area (Å²) in [5.74, 6) is -0.101. The van der Waals surface area contributed by atoms with Gasteiger partial charge in [-0.1, -0.05) is 39.2 Å². The van der Waals surface area contributed by atoms with Crippen molar-refractivity contribution >= 4 is 17.5 Å². The van der Waals surface area contributed by atoms with Gasteiger partial charge in [0.25, 0.3) is 5.91 Å². The summed E-state index contributed by atoms with van der Waals surface area (Å²) in [6.07, 6.45) is 5.30. The number of nitrogens with one attached hydrogen (secondary N) is 2. The van der Waals surface area contributed by atoms with E-state index in [0.29, 0.717) is 11.3 Å². The smallest absolute Gasteiger partial charge is 0.251 e. The van der Waals surface area contributed by atoms with Crippen molar-refractivity contribution in [1.82, 2.24) is 5.32 Å². The lowest BCUT2D eigenvalue weighted by atomic mass is 9.88. The molecule has 1 aromatic rings. The molecule has 1 aliphatic carbocycles. The van der Waals surface area contributed by atoms with Gasteiger partial charge in [0.05, 0.1) is 5.60 Å². The van der Waals surface area contributed by atoms with E-state index >= 15 is 0 Å². The molecule has 5 heteroatoms. The van der Waals surface area contributed by atoms with Gasteiger partial charge in [-0.25, -0.2) is 0 Å². The molecule has 1 unspecified atom stereocenters. The van der Waals surface area contributed by atoms with Crippen LogP contribution in [0, 0.1) is 11.8 Å². The third-order valence-corrected chi connectivity index (χ3v) is 5.22. The van der Waals surface area contributed by atoms with Gasteiger partial charge in [0.15, 0.2) is 0 Å². The van der Waals surface area contributed by atoms with Crippen molar-refractivity contribution in [3.05, 3.63) is 29.8 Å². The summed E-state index contributed by atoms with van der Waals surface area (Å²) in [4.78, 5) is 24.7. The van der Waals surface area contributed by atoms with Crippen LogP contribution in [0.3, 0.4) is 0 Å². The molecule has 1 aliphatic rings. The summed E-state index contributed by atoms with van der Waals surface area (Å²) < 4.78 is 0. The second-order valence-corrected chi connectivity index (χ2v) is 7.60. The highest BCUT2D eigenvalue weighted by atomic mass is 16.3. The Hall–Kier alpha value is -1.88. The standard InChI is InChI=1S/C20H30N2O3/c1-14(2)20(3,25)13-21-18(23)16-10-7-11-17(12-16)22-19(24)15-8-5-4-6-9-15/h7,10-12,14-15,25H,4-6,8-9,13H2,1-3H3,(H,21,23)(H,22,24). The number of anilines is 1. The summed E-state index contributed by atoms with van der Waals surface area (Å²) in [5.41, 5.74) is 0.155. The maximum absolute atomic E-state index is 12.3. The van der Waals surface area contributed by atoms with E-state index in [4.69, 9.17) is 0 Å². The van der Waals surface area contributed by atoms with Gasteiger partial charge in [-0.2, -0.15) is 0 Å². The lowest BCUT2D eigenvalue weighted by Gasteiger charge is -2.27. The minimum Gasteiger partial charge on any atom is -0.388 e. The molecule has 2 amide bonds. The maximum atomic E-state index is 12.3. The van der Waals surface area contributed by atoms with E-state index in [1.165, 1.54) is 6.42 Å². The molecule has 138 valence electrons. The monoisotopic (exact) mass is 346 g/mol. The first-order chi connectivity index (χ1) is 11.8. The fourth-order valence-corrected chi connectivity index (χ4v) is 2.91. The molecule has 1 aromatic carbocycles. The van der Waals surface area contributed by atoms with Gasteiger partial charge < -0.3 is 15.7 Å². The zero-order chi connectivity index (χ0) is 18.4. The molecule has 1 saturated carbocycles. The Morgan fingerprint density at radius 2 is 1.92 bits per heavy atom. The van der Waals surface area contributed by atoms with E-state index in [-0.39, 0.29) is 30.2 Å². The number of rotatable bonds is 6. The lowest BCUT2D eigenvalue weighted by molar-refractivity contribution is -0.120. The van der Waals surface area contributed by atoms with E-state index in [9.17, 15) is 14.7 Å². The number of hydrogen-bond acceptors (Lipinski definition) is 3. The van der Waals surface area contributed by atoms with Gasteiger partial charge in [0.2, 0.25) is 5.91 Å². The fourth-order valence-electron chi connectivity index (χ4n) is 2.91. The first-order valence-electron chi connectivity index (χ1n) is 9.21. The highest BCUT2D eigenvalue weighted by Crippen LogP contribution is 2.25. The molecule has 1 fully saturated rings. The molecule has 0 spiro atoms. The number of benzene rings is 1. The Balaban J connectivity index is 1.95. The number of carbonyl (C=O) groups excluding carboxylic acids is 2. The predicted octanol–water partition coefficient (Wildman–Crippen LogP) is 3.34. The summed E-state index contributed by atoms with van der Waals surface area (Å²) >= 11 is 0. The Bertz CT molecular complexity index is 605. The highest BCUT2D eigenvalue weighted by molar-refractivity contribution is 5.97. The van der Waals surface area contributed by atoms with E-state index < -0.39 is 5.60 Å². The fraction of sp³-hybridized carbons (Fsp3) is 0.600. The van der Waals surface area contributed by atoms with Crippen LogP contribution in [0.1, 0.15) is 63.2 Å². The van der Waals surface area contributed by atoms with Crippen LogP contribution in [0.15, 0.2) is 24.3 Å². The summed E-state index contributed by atoms with van der Waals surface area (Å²) in [6, 6.07) is 6.93. The molecular weight excluding hydrogens is 316 g/mol. The van der Waals surface area contributed by atoms with Crippen molar-refractivity contribution in [2.75, 3.05) is 11.9 Å². The van der Waals surface area contributed by atoms with E-state index in [2.05, 4.69) is 10.6 Å². The van der Waals surface area contributed by atoms with Gasteiger partial charge in [-0.05, 0) is 43.9 Å². The van der Waals surface area contributed by atoms with E-state index in [1.807, 2.05) is 13.8 Å². The maximum Gasteiger partial charge on any atom is 0.251 e. The van der Waals surface area contributed by atoms with Crippen molar-refractivity contribution in [1.29, 1.82) is 0 Å². The van der Waals surface area contributed by atoms with Gasteiger partial charge in [-0.3, -0.25) is 9.59 Å². The highest BCUT2D eigenvalue weighted by Gasteiger charge is 2.25. The summed E-state index contributed by atoms with van der Waals surface area (Å²) in [6.45, 7) is 5.71. The van der Waals surface area contributed by atoms with E-state index in [0.717, 1.165) is 25.7 Å². The molecule has 0 aliphatic heterocycles. The average Bonchev–Trinajstić information content (AvgIpc) is 2.60. The molecule has 0 heterocycles. The van der Waals surface area contributed by atoms with E-state index in [1.54, 1.807) is 31.2 Å². The number of amides is 2. The first-order valence-corrected chi connectivity index (χ1v) is 9.21. The molecule has 1 atom stereocenters.